The third-order valence-corrected chi connectivity index (χ3v) is 2.72. The van der Waals surface area contributed by atoms with Crippen LogP contribution in [0.25, 0.3) is 0 Å². The van der Waals surface area contributed by atoms with Crippen molar-refractivity contribution in [1.29, 1.82) is 0 Å². The minimum atomic E-state index is 0.492. The molecule has 1 atom stereocenters. The second-order valence-corrected chi connectivity index (χ2v) is 5.25. The number of anilines is 1. The molecular formula is C12H19BrN2. The number of hydrogen-bond acceptors (Lipinski definition) is 2. The number of nitrogens with zero attached hydrogens (tertiary/aromatic N) is 1. The first-order valence-corrected chi connectivity index (χ1v) is 6.18. The van der Waals surface area contributed by atoms with Gasteiger partial charge in [-0.3, -0.25) is 0 Å². The van der Waals surface area contributed by atoms with E-state index in [-0.39, 0.29) is 0 Å². The fourth-order valence-electron chi connectivity index (χ4n) is 1.71. The van der Waals surface area contributed by atoms with E-state index in [1.165, 1.54) is 6.42 Å². The SMILES string of the molecule is Cc1nc(Br)ccc1NC(C)CC(C)C. The molecule has 1 heterocycles. The lowest BCUT2D eigenvalue weighted by atomic mass is 10.1. The van der Waals surface area contributed by atoms with Crippen LogP contribution in [0.15, 0.2) is 16.7 Å². The van der Waals surface area contributed by atoms with Gasteiger partial charge in [-0.2, -0.15) is 0 Å². The van der Waals surface area contributed by atoms with E-state index in [2.05, 4.69) is 53.1 Å². The van der Waals surface area contributed by atoms with Gasteiger partial charge in [0.25, 0.3) is 0 Å². The van der Waals surface area contributed by atoms with Crippen molar-refractivity contribution in [3.05, 3.63) is 22.4 Å². The Balaban J connectivity index is 2.64. The van der Waals surface area contributed by atoms with Crippen molar-refractivity contribution in [2.45, 2.75) is 40.2 Å². The largest absolute Gasteiger partial charge is 0.381 e. The summed E-state index contributed by atoms with van der Waals surface area (Å²) < 4.78 is 0.891. The van der Waals surface area contributed by atoms with E-state index in [1.54, 1.807) is 0 Å². The van der Waals surface area contributed by atoms with Crippen LogP contribution in [0.2, 0.25) is 0 Å². The molecule has 1 aromatic heterocycles. The molecule has 0 spiro atoms. The van der Waals surface area contributed by atoms with Crippen LogP contribution in [0.1, 0.15) is 32.9 Å². The Morgan fingerprint density at radius 1 is 1.33 bits per heavy atom. The highest BCUT2D eigenvalue weighted by molar-refractivity contribution is 9.10. The quantitative estimate of drug-likeness (QED) is 0.837. The molecule has 0 aliphatic carbocycles. The molecule has 3 heteroatoms. The predicted molar refractivity (Wildman–Crippen MR) is 69.2 cm³/mol. The molecule has 1 N–H and O–H groups in total. The molecule has 0 saturated carbocycles. The lowest BCUT2D eigenvalue weighted by molar-refractivity contribution is 0.539. The molecule has 0 fully saturated rings. The molecule has 84 valence electrons. The van der Waals surface area contributed by atoms with E-state index in [0.29, 0.717) is 6.04 Å². The van der Waals surface area contributed by atoms with Crippen molar-refractivity contribution in [3.63, 3.8) is 0 Å². The summed E-state index contributed by atoms with van der Waals surface area (Å²) in [4.78, 5) is 4.36. The van der Waals surface area contributed by atoms with E-state index in [0.717, 1.165) is 21.9 Å². The number of aromatic nitrogens is 1. The third kappa shape index (κ3) is 4.20. The Labute approximate surface area is 101 Å². The van der Waals surface area contributed by atoms with Gasteiger partial charge >= 0.3 is 0 Å². The second-order valence-electron chi connectivity index (χ2n) is 4.44. The third-order valence-electron chi connectivity index (χ3n) is 2.28. The number of aryl methyl sites for hydroxylation is 1. The van der Waals surface area contributed by atoms with Crippen LogP contribution in [0, 0.1) is 12.8 Å². The summed E-state index contributed by atoms with van der Waals surface area (Å²) in [6.45, 7) is 8.71. The highest BCUT2D eigenvalue weighted by Crippen LogP contribution is 2.18. The maximum atomic E-state index is 4.36. The minimum Gasteiger partial charge on any atom is -0.381 e. The van der Waals surface area contributed by atoms with E-state index < -0.39 is 0 Å². The van der Waals surface area contributed by atoms with Crippen molar-refractivity contribution >= 4 is 21.6 Å². The van der Waals surface area contributed by atoms with Crippen molar-refractivity contribution < 1.29 is 0 Å². The van der Waals surface area contributed by atoms with Gasteiger partial charge in [-0.1, -0.05) is 13.8 Å². The average Bonchev–Trinajstić information content (AvgIpc) is 2.08. The molecule has 1 aromatic rings. The molecule has 15 heavy (non-hydrogen) atoms. The second kappa shape index (κ2) is 5.50. The molecule has 1 unspecified atom stereocenters. The van der Waals surface area contributed by atoms with Crippen LogP contribution in [0.4, 0.5) is 5.69 Å². The molecule has 0 aliphatic rings. The first kappa shape index (κ1) is 12.5. The van der Waals surface area contributed by atoms with Gasteiger partial charge in [0.2, 0.25) is 0 Å². The first-order chi connectivity index (χ1) is 6.99. The van der Waals surface area contributed by atoms with Crippen molar-refractivity contribution in [1.82, 2.24) is 4.98 Å². The highest BCUT2D eigenvalue weighted by atomic mass is 79.9. The van der Waals surface area contributed by atoms with E-state index in [9.17, 15) is 0 Å². The number of pyridine rings is 1. The zero-order chi connectivity index (χ0) is 11.4. The van der Waals surface area contributed by atoms with Gasteiger partial charge in [-0.05, 0) is 54.2 Å². The number of halogens is 1. The number of rotatable bonds is 4. The fraction of sp³-hybridized carbons (Fsp3) is 0.583. The van der Waals surface area contributed by atoms with Crippen LogP contribution in [0.3, 0.4) is 0 Å². The van der Waals surface area contributed by atoms with Crippen LogP contribution in [0.5, 0.6) is 0 Å². The number of nitrogens with one attached hydrogen (secondary N) is 1. The van der Waals surface area contributed by atoms with Crippen LogP contribution in [-0.2, 0) is 0 Å². The predicted octanol–water partition coefficient (Wildman–Crippen LogP) is 4.00. The van der Waals surface area contributed by atoms with Crippen molar-refractivity contribution in [2.75, 3.05) is 5.32 Å². The van der Waals surface area contributed by atoms with E-state index >= 15 is 0 Å². The maximum absolute atomic E-state index is 4.36. The Hall–Kier alpha value is -0.570. The molecular weight excluding hydrogens is 252 g/mol. The zero-order valence-corrected chi connectivity index (χ0v) is 11.4. The lowest BCUT2D eigenvalue weighted by Crippen LogP contribution is -2.18. The minimum absolute atomic E-state index is 0.492. The molecule has 0 aliphatic heterocycles. The molecule has 1 rings (SSSR count). The van der Waals surface area contributed by atoms with E-state index in [4.69, 9.17) is 0 Å². The van der Waals surface area contributed by atoms with Gasteiger partial charge in [0.1, 0.15) is 4.60 Å². The van der Waals surface area contributed by atoms with Crippen LogP contribution < -0.4 is 5.32 Å². The van der Waals surface area contributed by atoms with Gasteiger partial charge < -0.3 is 5.32 Å². The van der Waals surface area contributed by atoms with Crippen molar-refractivity contribution in [3.8, 4) is 0 Å². The average molecular weight is 271 g/mol. The number of hydrogen-bond donors (Lipinski definition) is 1. The summed E-state index contributed by atoms with van der Waals surface area (Å²) in [7, 11) is 0. The van der Waals surface area contributed by atoms with Crippen molar-refractivity contribution in [2.24, 2.45) is 5.92 Å². The Morgan fingerprint density at radius 2 is 2.00 bits per heavy atom. The van der Waals surface area contributed by atoms with E-state index in [1.807, 2.05) is 13.0 Å². The zero-order valence-electron chi connectivity index (χ0n) is 9.84. The molecule has 0 aromatic carbocycles. The van der Waals surface area contributed by atoms with Crippen LogP contribution >= 0.6 is 15.9 Å². The summed E-state index contributed by atoms with van der Waals surface area (Å²) >= 11 is 3.36. The van der Waals surface area contributed by atoms with Gasteiger partial charge in [0.05, 0.1) is 11.4 Å². The van der Waals surface area contributed by atoms with Gasteiger partial charge in [0.15, 0.2) is 0 Å². The first-order valence-electron chi connectivity index (χ1n) is 5.38. The smallest absolute Gasteiger partial charge is 0.106 e. The monoisotopic (exact) mass is 270 g/mol. The fourth-order valence-corrected chi connectivity index (χ4v) is 2.11. The van der Waals surface area contributed by atoms with Crippen LogP contribution in [-0.4, -0.2) is 11.0 Å². The lowest BCUT2D eigenvalue weighted by Gasteiger charge is -2.18. The molecule has 0 amide bonds. The highest BCUT2D eigenvalue weighted by Gasteiger charge is 2.07. The summed E-state index contributed by atoms with van der Waals surface area (Å²) in [5.41, 5.74) is 2.17. The normalized spacial score (nSPS) is 12.9. The standard InChI is InChI=1S/C12H19BrN2/c1-8(2)7-9(3)14-11-5-6-12(13)15-10(11)4/h5-6,8-9,14H,7H2,1-4H3. The topological polar surface area (TPSA) is 24.9 Å². The summed E-state index contributed by atoms with van der Waals surface area (Å²) in [5.74, 6) is 0.719. The molecule has 0 saturated heterocycles. The Bertz CT molecular complexity index is 323. The summed E-state index contributed by atoms with van der Waals surface area (Å²) in [6.07, 6.45) is 1.18. The van der Waals surface area contributed by atoms with Gasteiger partial charge in [-0.25, -0.2) is 4.98 Å². The maximum Gasteiger partial charge on any atom is 0.106 e. The Kier molecular flexibility index (Phi) is 4.58. The molecule has 2 nitrogen and oxygen atoms in total. The van der Waals surface area contributed by atoms with Gasteiger partial charge in [0, 0.05) is 6.04 Å². The molecule has 0 radical (unpaired) electrons. The summed E-state index contributed by atoms with van der Waals surface area (Å²) in [6, 6.07) is 4.53. The Morgan fingerprint density at radius 3 is 2.53 bits per heavy atom. The van der Waals surface area contributed by atoms with Gasteiger partial charge in [-0.15, -0.1) is 0 Å². The summed E-state index contributed by atoms with van der Waals surface area (Å²) in [5, 5.41) is 3.49. The molecule has 0 bridgehead atoms.